The Morgan fingerprint density at radius 3 is 2.31 bits per heavy atom. The fraction of sp³-hybridized carbons (Fsp3) is 0.280. The number of Topliss-reactive ketones (excluding diaryl/α,β-unsaturated/α-hetero) is 1. The molecule has 0 saturated carbocycles. The number of amides is 1. The third-order valence-corrected chi connectivity index (χ3v) is 6.26. The predicted molar refractivity (Wildman–Crippen MR) is 123 cm³/mol. The minimum Gasteiger partial charge on any atom is -0.336 e. The highest BCUT2D eigenvalue weighted by Gasteiger charge is 2.27. The maximum absolute atomic E-state index is 14.1. The minimum absolute atomic E-state index is 0.0530. The van der Waals surface area contributed by atoms with Gasteiger partial charge in [0.05, 0.1) is 17.1 Å². The standard InChI is InChI=1S/C25H25ClFN3O2/c1-17-15-20(18(2)30(17)19-7-4-3-5-8-19)23(31)16-28-11-13-29(14-12-28)25(32)24-21(26)9-6-10-22(24)27/h3-10,15H,11-14,16H2,1-2H3. The summed E-state index contributed by atoms with van der Waals surface area (Å²) in [5.74, 6) is -0.975. The van der Waals surface area contributed by atoms with E-state index in [1.807, 2.05) is 55.1 Å². The first-order valence-electron chi connectivity index (χ1n) is 10.6. The molecule has 0 unspecified atom stereocenters. The summed E-state index contributed by atoms with van der Waals surface area (Å²) < 4.78 is 16.2. The Bertz CT molecular complexity index is 1130. The number of benzene rings is 2. The van der Waals surface area contributed by atoms with E-state index in [2.05, 4.69) is 4.57 Å². The quantitative estimate of drug-likeness (QED) is 0.533. The van der Waals surface area contributed by atoms with Crippen LogP contribution in [0.15, 0.2) is 54.6 Å². The zero-order valence-electron chi connectivity index (χ0n) is 18.1. The number of rotatable bonds is 5. The number of carbonyl (C=O) groups excluding carboxylic acids is 2. The van der Waals surface area contributed by atoms with Crippen molar-refractivity contribution in [2.45, 2.75) is 13.8 Å². The summed E-state index contributed by atoms with van der Waals surface area (Å²) in [6.45, 7) is 6.15. The van der Waals surface area contributed by atoms with Crippen LogP contribution in [0.5, 0.6) is 0 Å². The van der Waals surface area contributed by atoms with Gasteiger partial charge < -0.3 is 9.47 Å². The first-order valence-corrected chi connectivity index (χ1v) is 11.0. The molecule has 0 atom stereocenters. The van der Waals surface area contributed by atoms with Crippen LogP contribution in [-0.4, -0.2) is 58.8 Å². The van der Waals surface area contributed by atoms with Gasteiger partial charge in [-0.3, -0.25) is 14.5 Å². The fourth-order valence-corrected chi connectivity index (χ4v) is 4.52. The van der Waals surface area contributed by atoms with Crippen molar-refractivity contribution in [3.8, 4) is 5.69 Å². The van der Waals surface area contributed by atoms with E-state index in [-0.39, 0.29) is 22.9 Å². The summed E-state index contributed by atoms with van der Waals surface area (Å²) in [4.78, 5) is 29.4. The number of hydrogen-bond acceptors (Lipinski definition) is 3. The topological polar surface area (TPSA) is 45.6 Å². The van der Waals surface area contributed by atoms with Crippen LogP contribution in [0.3, 0.4) is 0 Å². The van der Waals surface area contributed by atoms with Crippen molar-refractivity contribution in [3.05, 3.63) is 88.0 Å². The Hall–Kier alpha value is -2.96. The molecule has 2 aromatic carbocycles. The largest absolute Gasteiger partial charge is 0.336 e. The van der Waals surface area contributed by atoms with E-state index in [9.17, 15) is 14.0 Å². The van der Waals surface area contributed by atoms with Gasteiger partial charge in [0.15, 0.2) is 5.78 Å². The molecule has 1 aliphatic rings. The van der Waals surface area contributed by atoms with Gasteiger partial charge in [-0.25, -0.2) is 4.39 Å². The lowest BCUT2D eigenvalue weighted by atomic mass is 10.1. The van der Waals surface area contributed by atoms with Gasteiger partial charge in [-0.05, 0) is 44.2 Å². The monoisotopic (exact) mass is 453 g/mol. The highest BCUT2D eigenvalue weighted by atomic mass is 35.5. The van der Waals surface area contributed by atoms with Gasteiger partial charge in [-0.1, -0.05) is 35.9 Å². The Balaban J connectivity index is 1.41. The molecule has 5 nitrogen and oxygen atoms in total. The smallest absolute Gasteiger partial charge is 0.258 e. The molecule has 166 valence electrons. The molecule has 0 aliphatic carbocycles. The van der Waals surface area contributed by atoms with E-state index in [0.29, 0.717) is 31.7 Å². The second kappa shape index (κ2) is 9.27. The molecule has 0 spiro atoms. The molecular formula is C25H25ClFN3O2. The number of ketones is 1. The van der Waals surface area contributed by atoms with Crippen molar-refractivity contribution < 1.29 is 14.0 Å². The normalized spacial score (nSPS) is 14.6. The Morgan fingerprint density at radius 2 is 1.66 bits per heavy atom. The fourth-order valence-electron chi connectivity index (χ4n) is 4.28. The van der Waals surface area contributed by atoms with E-state index in [1.165, 1.54) is 18.2 Å². The minimum atomic E-state index is -0.617. The molecule has 32 heavy (non-hydrogen) atoms. The summed E-state index contributed by atoms with van der Waals surface area (Å²) in [5, 5.41) is 0.112. The molecule has 1 aliphatic heterocycles. The van der Waals surface area contributed by atoms with Crippen LogP contribution >= 0.6 is 11.6 Å². The van der Waals surface area contributed by atoms with E-state index >= 15 is 0 Å². The summed E-state index contributed by atoms with van der Waals surface area (Å²) in [6, 6.07) is 16.1. The zero-order chi connectivity index (χ0) is 22.8. The molecule has 2 heterocycles. The molecule has 1 amide bonds. The number of piperazine rings is 1. The number of nitrogens with zero attached hydrogens (tertiary/aromatic N) is 3. The van der Waals surface area contributed by atoms with Crippen LogP contribution in [0.4, 0.5) is 4.39 Å². The maximum atomic E-state index is 14.1. The first-order chi connectivity index (χ1) is 15.4. The molecular weight excluding hydrogens is 429 g/mol. The molecule has 3 aromatic rings. The highest BCUT2D eigenvalue weighted by molar-refractivity contribution is 6.33. The molecule has 0 radical (unpaired) electrons. The second-order valence-electron chi connectivity index (χ2n) is 8.04. The Morgan fingerprint density at radius 1 is 0.969 bits per heavy atom. The first kappa shape index (κ1) is 22.2. The highest BCUT2D eigenvalue weighted by Crippen LogP contribution is 2.23. The number of para-hydroxylation sites is 1. The second-order valence-corrected chi connectivity index (χ2v) is 8.45. The Kier molecular flexibility index (Phi) is 6.44. The molecule has 1 fully saturated rings. The predicted octanol–water partition coefficient (Wildman–Crippen LogP) is 4.53. The molecule has 0 N–H and O–H groups in total. The van der Waals surface area contributed by atoms with Crippen molar-refractivity contribution in [1.82, 2.24) is 14.4 Å². The molecule has 1 saturated heterocycles. The lowest BCUT2D eigenvalue weighted by Crippen LogP contribution is -2.50. The van der Waals surface area contributed by atoms with Gasteiger partial charge in [0, 0.05) is 48.8 Å². The van der Waals surface area contributed by atoms with Crippen LogP contribution in [0.25, 0.3) is 5.69 Å². The lowest BCUT2D eigenvalue weighted by Gasteiger charge is -2.34. The zero-order valence-corrected chi connectivity index (χ0v) is 18.9. The van der Waals surface area contributed by atoms with Gasteiger partial charge in [0.1, 0.15) is 5.82 Å². The van der Waals surface area contributed by atoms with Gasteiger partial charge in [-0.15, -0.1) is 0 Å². The summed E-state index contributed by atoms with van der Waals surface area (Å²) in [6.07, 6.45) is 0. The summed E-state index contributed by atoms with van der Waals surface area (Å²) in [5.41, 5.74) is 3.58. The van der Waals surface area contributed by atoms with Crippen LogP contribution in [0.1, 0.15) is 32.1 Å². The summed E-state index contributed by atoms with van der Waals surface area (Å²) >= 11 is 6.04. The maximum Gasteiger partial charge on any atom is 0.258 e. The third-order valence-electron chi connectivity index (χ3n) is 5.95. The van der Waals surface area contributed by atoms with E-state index in [4.69, 9.17) is 11.6 Å². The van der Waals surface area contributed by atoms with Crippen molar-refractivity contribution >= 4 is 23.3 Å². The lowest BCUT2D eigenvalue weighted by molar-refractivity contribution is 0.0620. The molecule has 7 heteroatoms. The van der Waals surface area contributed by atoms with Gasteiger partial charge >= 0.3 is 0 Å². The number of aromatic nitrogens is 1. The van der Waals surface area contributed by atoms with Crippen LogP contribution in [0.2, 0.25) is 5.02 Å². The van der Waals surface area contributed by atoms with E-state index in [1.54, 1.807) is 4.90 Å². The molecule has 1 aromatic heterocycles. The third kappa shape index (κ3) is 4.33. The SMILES string of the molecule is Cc1cc(C(=O)CN2CCN(C(=O)c3c(F)cccc3Cl)CC2)c(C)n1-c1ccccc1. The molecule has 4 rings (SSSR count). The van der Waals surface area contributed by atoms with Crippen molar-refractivity contribution in [1.29, 1.82) is 0 Å². The van der Waals surface area contributed by atoms with Crippen molar-refractivity contribution in [3.63, 3.8) is 0 Å². The van der Waals surface area contributed by atoms with Crippen molar-refractivity contribution in [2.75, 3.05) is 32.7 Å². The van der Waals surface area contributed by atoms with Crippen LogP contribution in [0, 0.1) is 19.7 Å². The number of halogens is 2. The van der Waals surface area contributed by atoms with Gasteiger partial charge in [-0.2, -0.15) is 0 Å². The molecule has 0 bridgehead atoms. The van der Waals surface area contributed by atoms with Crippen LogP contribution in [-0.2, 0) is 0 Å². The Labute approximate surface area is 192 Å². The van der Waals surface area contributed by atoms with E-state index in [0.717, 1.165) is 17.1 Å². The number of aryl methyl sites for hydroxylation is 1. The van der Waals surface area contributed by atoms with Crippen molar-refractivity contribution in [2.24, 2.45) is 0 Å². The van der Waals surface area contributed by atoms with Gasteiger partial charge in [0.25, 0.3) is 5.91 Å². The van der Waals surface area contributed by atoms with E-state index < -0.39 is 11.7 Å². The number of carbonyl (C=O) groups is 2. The summed E-state index contributed by atoms with van der Waals surface area (Å²) in [7, 11) is 0. The average Bonchev–Trinajstić information content (AvgIpc) is 3.08. The van der Waals surface area contributed by atoms with Crippen LogP contribution < -0.4 is 0 Å². The number of hydrogen-bond donors (Lipinski definition) is 0. The van der Waals surface area contributed by atoms with Gasteiger partial charge in [0.2, 0.25) is 0 Å². The average molecular weight is 454 g/mol.